The lowest BCUT2D eigenvalue weighted by molar-refractivity contribution is 0.557. The molecule has 3 aromatic rings. The Labute approximate surface area is 157 Å². The molecule has 0 unspecified atom stereocenters. The maximum absolute atomic E-state index is 11.9. The van der Waals surface area contributed by atoms with E-state index in [2.05, 4.69) is 18.8 Å². The van der Waals surface area contributed by atoms with Crippen LogP contribution in [0.5, 0.6) is 0 Å². The SMILES string of the molecule is Cc1ccc(N=C(N)SCc2cc(=O)oc3c(C)c(C)ccc23)cc1C. The molecule has 26 heavy (non-hydrogen) atoms. The van der Waals surface area contributed by atoms with Gasteiger partial charge in [-0.05, 0) is 67.6 Å². The average Bonchev–Trinajstić information content (AvgIpc) is 2.59. The Morgan fingerprint density at radius 2 is 1.77 bits per heavy atom. The molecule has 0 spiro atoms. The Morgan fingerprint density at radius 1 is 1.04 bits per heavy atom. The van der Waals surface area contributed by atoms with Crippen molar-refractivity contribution in [3.05, 3.63) is 74.6 Å². The first-order chi connectivity index (χ1) is 12.3. The second kappa shape index (κ2) is 7.38. The van der Waals surface area contributed by atoms with Gasteiger partial charge < -0.3 is 10.2 Å². The first-order valence-corrected chi connectivity index (χ1v) is 9.41. The Kier molecular flexibility index (Phi) is 5.18. The highest BCUT2D eigenvalue weighted by atomic mass is 32.2. The van der Waals surface area contributed by atoms with Crippen molar-refractivity contribution in [2.45, 2.75) is 33.4 Å². The monoisotopic (exact) mass is 366 g/mol. The van der Waals surface area contributed by atoms with E-state index in [4.69, 9.17) is 10.2 Å². The summed E-state index contributed by atoms with van der Waals surface area (Å²) in [7, 11) is 0. The van der Waals surface area contributed by atoms with Crippen LogP contribution in [-0.4, -0.2) is 5.17 Å². The largest absolute Gasteiger partial charge is 0.422 e. The van der Waals surface area contributed by atoms with E-state index in [-0.39, 0.29) is 5.63 Å². The second-order valence-electron chi connectivity index (χ2n) is 6.48. The lowest BCUT2D eigenvalue weighted by atomic mass is 10.0. The molecule has 0 aliphatic rings. The topological polar surface area (TPSA) is 68.6 Å². The van der Waals surface area contributed by atoms with Gasteiger partial charge in [0, 0.05) is 17.2 Å². The number of nitrogens with two attached hydrogens (primary N) is 1. The number of benzene rings is 2. The minimum absolute atomic E-state index is 0.341. The Bertz CT molecular complexity index is 1070. The third-order valence-corrected chi connectivity index (χ3v) is 5.47. The summed E-state index contributed by atoms with van der Waals surface area (Å²) in [5.41, 5.74) is 12.6. The van der Waals surface area contributed by atoms with E-state index >= 15 is 0 Å². The molecule has 0 atom stereocenters. The van der Waals surface area contributed by atoms with Crippen molar-refractivity contribution in [2.24, 2.45) is 10.7 Å². The van der Waals surface area contributed by atoms with Gasteiger partial charge in [0.1, 0.15) is 5.58 Å². The van der Waals surface area contributed by atoms with Crippen LogP contribution >= 0.6 is 11.8 Å². The van der Waals surface area contributed by atoms with Gasteiger partial charge in [-0.1, -0.05) is 30.0 Å². The van der Waals surface area contributed by atoms with E-state index in [1.807, 2.05) is 44.2 Å². The van der Waals surface area contributed by atoms with Gasteiger partial charge in [-0.25, -0.2) is 9.79 Å². The smallest absolute Gasteiger partial charge is 0.336 e. The molecule has 1 heterocycles. The van der Waals surface area contributed by atoms with Gasteiger partial charge in [-0.3, -0.25) is 0 Å². The summed E-state index contributed by atoms with van der Waals surface area (Å²) in [5, 5.41) is 1.41. The minimum Gasteiger partial charge on any atom is -0.422 e. The fraction of sp³-hybridized carbons (Fsp3) is 0.238. The van der Waals surface area contributed by atoms with Gasteiger partial charge in [-0.2, -0.15) is 0 Å². The minimum atomic E-state index is -0.341. The quantitative estimate of drug-likeness (QED) is 0.406. The molecule has 4 nitrogen and oxygen atoms in total. The summed E-state index contributed by atoms with van der Waals surface area (Å²) in [6.45, 7) is 8.09. The van der Waals surface area contributed by atoms with Crippen LogP contribution in [0, 0.1) is 27.7 Å². The first kappa shape index (κ1) is 18.3. The molecular weight excluding hydrogens is 344 g/mol. The van der Waals surface area contributed by atoms with E-state index in [1.54, 1.807) is 0 Å². The molecule has 0 bridgehead atoms. The average molecular weight is 366 g/mol. The van der Waals surface area contributed by atoms with Crippen LogP contribution in [-0.2, 0) is 5.75 Å². The van der Waals surface area contributed by atoms with E-state index in [9.17, 15) is 4.79 Å². The third kappa shape index (κ3) is 3.83. The van der Waals surface area contributed by atoms with Crippen molar-refractivity contribution in [1.29, 1.82) is 0 Å². The van der Waals surface area contributed by atoms with Crippen molar-refractivity contribution in [3.8, 4) is 0 Å². The number of aliphatic imine (C=N–C) groups is 1. The van der Waals surface area contributed by atoms with Crippen LogP contribution in [0.1, 0.15) is 27.8 Å². The van der Waals surface area contributed by atoms with E-state index in [0.717, 1.165) is 27.8 Å². The van der Waals surface area contributed by atoms with Gasteiger partial charge in [0.25, 0.3) is 0 Å². The summed E-state index contributed by atoms with van der Waals surface area (Å²) < 4.78 is 5.41. The zero-order valence-electron chi connectivity index (χ0n) is 15.4. The van der Waals surface area contributed by atoms with Gasteiger partial charge in [0.05, 0.1) is 5.69 Å². The number of nitrogens with zero attached hydrogens (tertiary/aromatic N) is 1. The Balaban J connectivity index is 1.87. The Hall–Kier alpha value is -2.53. The zero-order valence-corrected chi connectivity index (χ0v) is 16.2. The van der Waals surface area contributed by atoms with Crippen molar-refractivity contribution in [2.75, 3.05) is 0 Å². The van der Waals surface area contributed by atoms with E-state index in [0.29, 0.717) is 16.5 Å². The van der Waals surface area contributed by atoms with Gasteiger partial charge in [-0.15, -0.1) is 0 Å². The number of aryl methyl sites for hydroxylation is 4. The second-order valence-corrected chi connectivity index (χ2v) is 7.48. The fourth-order valence-electron chi connectivity index (χ4n) is 2.75. The van der Waals surface area contributed by atoms with Crippen molar-refractivity contribution >= 4 is 33.6 Å². The van der Waals surface area contributed by atoms with Crippen LogP contribution in [0.3, 0.4) is 0 Å². The summed E-state index contributed by atoms with van der Waals surface area (Å²) in [6, 6.07) is 11.6. The molecule has 134 valence electrons. The predicted octanol–water partition coefficient (Wildman–Crippen LogP) is 4.91. The highest BCUT2D eigenvalue weighted by molar-refractivity contribution is 8.13. The van der Waals surface area contributed by atoms with E-state index in [1.165, 1.54) is 29.0 Å². The Morgan fingerprint density at radius 3 is 2.50 bits per heavy atom. The number of rotatable bonds is 3. The zero-order chi connectivity index (χ0) is 18.8. The van der Waals surface area contributed by atoms with Crippen LogP contribution < -0.4 is 11.4 Å². The highest BCUT2D eigenvalue weighted by Gasteiger charge is 2.10. The van der Waals surface area contributed by atoms with E-state index < -0.39 is 0 Å². The molecule has 0 radical (unpaired) electrons. The van der Waals surface area contributed by atoms with Gasteiger partial charge >= 0.3 is 5.63 Å². The van der Waals surface area contributed by atoms with Crippen molar-refractivity contribution in [3.63, 3.8) is 0 Å². The number of amidine groups is 1. The summed E-state index contributed by atoms with van der Waals surface area (Å²) in [5.74, 6) is 0.560. The maximum atomic E-state index is 11.9. The molecule has 0 fully saturated rings. The molecule has 0 saturated carbocycles. The molecule has 2 aromatic carbocycles. The molecule has 0 amide bonds. The number of fused-ring (bicyclic) bond motifs is 1. The number of thioether (sulfide) groups is 1. The highest BCUT2D eigenvalue weighted by Crippen LogP contribution is 2.26. The third-order valence-electron chi connectivity index (χ3n) is 4.62. The lowest BCUT2D eigenvalue weighted by Crippen LogP contribution is -2.07. The first-order valence-electron chi connectivity index (χ1n) is 8.42. The standard InChI is InChI=1S/C21H22N2O2S/c1-12-5-7-17(9-14(12)3)23-21(22)26-11-16-10-19(24)25-20-15(4)13(2)6-8-18(16)20/h5-10H,11H2,1-4H3,(H2,22,23). The normalized spacial score (nSPS) is 11.9. The number of hydrogen-bond acceptors (Lipinski definition) is 4. The lowest BCUT2D eigenvalue weighted by Gasteiger charge is -2.09. The van der Waals surface area contributed by atoms with Crippen LogP contribution in [0.15, 0.2) is 50.6 Å². The predicted molar refractivity (Wildman–Crippen MR) is 110 cm³/mol. The van der Waals surface area contributed by atoms with Crippen LogP contribution in [0.2, 0.25) is 0 Å². The molecule has 2 N–H and O–H groups in total. The molecule has 5 heteroatoms. The number of hydrogen-bond donors (Lipinski definition) is 1. The summed E-state index contributed by atoms with van der Waals surface area (Å²) >= 11 is 1.42. The van der Waals surface area contributed by atoms with Gasteiger partial charge in [0.2, 0.25) is 0 Å². The van der Waals surface area contributed by atoms with Crippen molar-refractivity contribution < 1.29 is 4.42 Å². The molecule has 0 aliphatic carbocycles. The molecule has 1 aromatic heterocycles. The summed E-state index contributed by atoms with van der Waals surface area (Å²) in [6.07, 6.45) is 0. The van der Waals surface area contributed by atoms with Crippen LogP contribution in [0.25, 0.3) is 11.0 Å². The molecule has 3 rings (SSSR count). The molecular formula is C21H22N2O2S. The fourth-order valence-corrected chi connectivity index (χ4v) is 3.46. The van der Waals surface area contributed by atoms with Crippen LogP contribution in [0.4, 0.5) is 5.69 Å². The molecule has 0 aliphatic heterocycles. The van der Waals surface area contributed by atoms with Crippen molar-refractivity contribution in [1.82, 2.24) is 0 Å². The maximum Gasteiger partial charge on any atom is 0.336 e. The molecule has 0 saturated heterocycles. The summed E-state index contributed by atoms with van der Waals surface area (Å²) in [4.78, 5) is 16.4. The van der Waals surface area contributed by atoms with Gasteiger partial charge in [0.15, 0.2) is 5.17 Å².